The van der Waals surface area contributed by atoms with Gasteiger partial charge in [0.2, 0.25) is 5.91 Å². The molecule has 0 bridgehead atoms. The molecule has 1 aliphatic heterocycles. The average Bonchev–Trinajstić information content (AvgIpc) is 2.54. The van der Waals surface area contributed by atoms with Gasteiger partial charge in [-0.25, -0.2) is 0 Å². The second kappa shape index (κ2) is 3.45. The normalized spacial score (nSPS) is 36.2. The molecule has 1 saturated carbocycles. The number of carboxylic acid groups (broad SMARTS) is 1. The van der Waals surface area contributed by atoms with Crippen molar-refractivity contribution in [3.8, 4) is 0 Å². The van der Waals surface area contributed by atoms with Gasteiger partial charge in [0.25, 0.3) is 0 Å². The van der Waals surface area contributed by atoms with E-state index < -0.39 is 29.3 Å². The Balaban J connectivity index is 2.04. The lowest BCUT2D eigenvalue weighted by atomic mass is 10.1. The SMILES string of the molecule is CC1(C)C(C(=O)O)C1C(=O)N1CCC(O)C1. The second-order valence-corrected chi connectivity index (χ2v) is 5.34. The lowest BCUT2D eigenvalue weighted by Crippen LogP contribution is -2.32. The van der Waals surface area contributed by atoms with E-state index in [1.165, 1.54) is 0 Å². The van der Waals surface area contributed by atoms with Crippen LogP contribution in [0.3, 0.4) is 0 Å². The molecular formula is C11H17NO4. The molecule has 0 spiro atoms. The number of carbonyl (C=O) groups excluding carboxylic acids is 1. The first-order chi connectivity index (χ1) is 7.35. The Morgan fingerprint density at radius 1 is 1.31 bits per heavy atom. The summed E-state index contributed by atoms with van der Waals surface area (Å²) in [5, 5.41) is 18.3. The Morgan fingerprint density at radius 2 is 1.94 bits per heavy atom. The summed E-state index contributed by atoms with van der Waals surface area (Å²) in [5.74, 6) is -2.01. The molecule has 90 valence electrons. The van der Waals surface area contributed by atoms with Gasteiger partial charge in [-0.2, -0.15) is 0 Å². The van der Waals surface area contributed by atoms with E-state index in [1.54, 1.807) is 18.7 Å². The minimum Gasteiger partial charge on any atom is -0.481 e. The molecule has 2 rings (SSSR count). The summed E-state index contributed by atoms with van der Waals surface area (Å²) in [4.78, 5) is 24.6. The number of aliphatic hydroxyl groups excluding tert-OH is 1. The van der Waals surface area contributed by atoms with Crippen molar-refractivity contribution < 1.29 is 19.8 Å². The molecule has 1 saturated heterocycles. The highest BCUT2D eigenvalue weighted by Gasteiger charge is 2.66. The van der Waals surface area contributed by atoms with Crippen LogP contribution in [0.2, 0.25) is 0 Å². The number of aliphatic hydroxyl groups is 1. The first-order valence-corrected chi connectivity index (χ1v) is 5.55. The van der Waals surface area contributed by atoms with Crippen LogP contribution in [-0.2, 0) is 9.59 Å². The van der Waals surface area contributed by atoms with E-state index in [9.17, 15) is 14.7 Å². The van der Waals surface area contributed by atoms with Crippen molar-refractivity contribution >= 4 is 11.9 Å². The molecule has 2 fully saturated rings. The molecule has 3 atom stereocenters. The van der Waals surface area contributed by atoms with Gasteiger partial charge in [0, 0.05) is 13.1 Å². The molecule has 0 aromatic carbocycles. The van der Waals surface area contributed by atoms with Crippen LogP contribution >= 0.6 is 0 Å². The molecule has 5 nitrogen and oxygen atoms in total. The smallest absolute Gasteiger partial charge is 0.307 e. The maximum atomic E-state index is 12.0. The van der Waals surface area contributed by atoms with Gasteiger partial charge in [0.05, 0.1) is 17.9 Å². The zero-order valence-corrected chi connectivity index (χ0v) is 9.51. The van der Waals surface area contributed by atoms with Gasteiger partial charge in [-0.05, 0) is 11.8 Å². The number of carboxylic acids is 1. The van der Waals surface area contributed by atoms with E-state index in [0.29, 0.717) is 19.5 Å². The number of hydrogen-bond donors (Lipinski definition) is 2. The highest BCUT2D eigenvalue weighted by Crippen LogP contribution is 2.59. The minimum atomic E-state index is -0.900. The highest BCUT2D eigenvalue weighted by molar-refractivity contribution is 5.91. The monoisotopic (exact) mass is 227 g/mol. The summed E-state index contributed by atoms with van der Waals surface area (Å²) in [6, 6.07) is 0. The molecule has 2 aliphatic rings. The first kappa shape index (κ1) is 11.4. The first-order valence-electron chi connectivity index (χ1n) is 5.55. The van der Waals surface area contributed by atoms with Crippen molar-refractivity contribution in [1.29, 1.82) is 0 Å². The van der Waals surface area contributed by atoms with Gasteiger partial charge in [0.1, 0.15) is 0 Å². The molecule has 0 aromatic heterocycles. The third kappa shape index (κ3) is 1.59. The number of likely N-dealkylation sites (tertiary alicyclic amines) is 1. The molecular weight excluding hydrogens is 210 g/mol. The number of carbonyl (C=O) groups is 2. The number of rotatable bonds is 2. The van der Waals surface area contributed by atoms with Crippen LogP contribution in [0.1, 0.15) is 20.3 Å². The highest BCUT2D eigenvalue weighted by atomic mass is 16.4. The van der Waals surface area contributed by atoms with E-state index in [0.717, 1.165) is 0 Å². The Hall–Kier alpha value is -1.10. The van der Waals surface area contributed by atoms with Crippen molar-refractivity contribution in [2.24, 2.45) is 17.3 Å². The molecule has 1 heterocycles. The van der Waals surface area contributed by atoms with Gasteiger partial charge < -0.3 is 15.1 Å². The largest absolute Gasteiger partial charge is 0.481 e. The quantitative estimate of drug-likeness (QED) is 0.692. The van der Waals surface area contributed by atoms with E-state index in [-0.39, 0.29) is 5.91 Å². The molecule has 1 amide bonds. The van der Waals surface area contributed by atoms with Gasteiger partial charge in [-0.3, -0.25) is 9.59 Å². The summed E-state index contributed by atoms with van der Waals surface area (Å²) in [6.07, 6.45) is 0.144. The zero-order chi connectivity index (χ0) is 12.1. The predicted octanol–water partition coefficient (Wildman–Crippen LogP) is -0.0636. The second-order valence-electron chi connectivity index (χ2n) is 5.34. The Morgan fingerprint density at radius 3 is 2.31 bits per heavy atom. The minimum absolute atomic E-state index is 0.117. The maximum Gasteiger partial charge on any atom is 0.307 e. The predicted molar refractivity (Wildman–Crippen MR) is 55.6 cm³/mol. The summed E-state index contributed by atoms with van der Waals surface area (Å²) in [6.45, 7) is 4.50. The Kier molecular flexibility index (Phi) is 2.45. The fourth-order valence-corrected chi connectivity index (χ4v) is 2.70. The molecule has 2 N–H and O–H groups in total. The lowest BCUT2D eigenvalue weighted by Gasteiger charge is -2.16. The van der Waals surface area contributed by atoms with Crippen LogP contribution in [0.5, 0.6) is 0 Å². The van der Waals surface area contributed by atoms with Crippen molar-refractivity contribution in [3.63, 3.8) is 0 Å². The van der Waals surface area contributed by atoms with Crippen LogP contribution in [0.15, 0.2) is 0 Å². The number of nitrogens with zero attached hydrogens (tertiary/aromatic N) is 1. The third-order valence-electron chi connectivity index (χ3n) is 3.83. The van der Waals surface area contributed by atoms with Crippen molar-refractivity contribution in [3.05, 3.63) is 0 Å². The molecule has 0 aromatic rings. The summed E-state index contributed by atoms with van der Waals surface area (Å²) in [5.41, 5.74) is -0.448. The van der Waals surface area contributed by atoms with E-state index in [2.05, 4.69) is 0 Å². The van der Waals surface area contributed by atoms with Crippen LogP contribution < -0.4 is 0 Å². The van der Waals surface area contributed by atoms with Crippen LogP contribution in [0.25, 0.3) is 0 Å². The molecule has 3 unspecified atom stereocenters. The van der Waals surface area contributed by atoms with E-state index >= 15 is 0 Å². The Bertz CT molecular complexity index is 339. The standard InChI is InChI=1S/C11H17NO4/c1-11(2)7(8(11)10(15)16)9(14)12-4-3-6(13)5-12/h6-8,13H,3-5H2,1-2H3,(H,15,16). The van der Waals surface area contributed by atoms with Gasteiger partial charge >= 0.3 is 5.97 Å². The summed E-state index contributed by atoms with van der Waals surface area (Å²) >= 11 is 0. The average molecular weight is 227 g/mol. The van der Waals surface area contributed by atoms with Crippen molar-refractivity contribution in [1.82, 2.24) is 4.90 Å². The topological polar surface area (TPSA) is 77.8 Å². The molecule has 0 radical (unpaired) electrons. The lowest BCUT2D eigenvalue weighted by molar-refractivity contribution is -0.141. The number of β-amino-alcohol motifs (C(OH)–C–C–N with tert-alkyl or cyclic N) is 1. The fraction of sp³-hybridized carbons (Fsp3) is 0.818. The molecule has 16 heavy (non-hydrogen) atoms. The van der Waals surface area contributed by atoms with Crippen molar-refractivity contribution in [2.45, 2.75) is 26.4 Å². The number of aliphatic carboxylic acids is 1. The molecule has 1 aliphatic carbocycles. The fourth-order valence-electron chi connectivity index (χ4n) is 2.70. The Labute approximate surface area is 94.0 Å². The van der Waals surface area contributed by atoms with E-state index in [1.807, 2.05) is 0 Å². The van der Waals surface area contributed by atoms with E-state index in [4.69, 9.17) is 5.11 Å². The van der Waals surface area contributed by atoms with Gasteiger partial charge in [-0.1, -0.05) is 13.8 Å². The zero-order valence-electron chi connectivity index (χ0n) is 9.51. The summed E-state index contributed by atoms with van der Waals surface area (Å²) < 4.78 is 0. The van der Waals surface area contributed by atoms with Crippen LogP contribution in [0.4, 0.5) is 0 Å². The van der Waals surface area contributed by atoms with Gasteiger partial charge in [-0.15, -0.1) is 0 Å². The van der Waals surface area contributed by atoms with Gasteiger partial charge in [0.15, 0.2) is 0 Å². The van der Waals surface area contributed by atoms with Crippen molar-refractivity contribution in [2.75, 3.05) is 13.1 Å². The van der Waals surface area contributed by atoms with Crippen LogP contribution in [-0.4, -0.2) is 46.2 Å². The van der Waals surface area contributed by atoms with Crippen LogP contribution in [0, 0.1) is 17.3 Å². The number of amides is 1. The third-order valence-corrected chi connectivity index (χ3v) is 3.83. The molecule has 5 heteroatoms. The number of hydrogen-bond acceptors (Lipinski definition) is 3. The maximum absolute atomic E-state index is 12.0. The summed E-state index contributed by atoms with van der Waals surface area (Å²) in [7, 11) is 0.